The molecule has 0 saturated carbocycles. The van der Waals surface area contributed by atoms with E-state index in [1.165, 1.54) is 19.3 Å². The van der Waals surface area contributed by atoms with Crippen LogP contribution in [0.2, 0.25) is 10.0 Å². The van der Waals surface area contributed by atoms with Gasteiger partial charge in [0.2, 0.25) is 0 Å². The van der Waals surface area contributed by atoms with E-state index >= 15 is 0 Å². The number of piperidine rings is 1. The predicted molar refractivity (Wildman–Crippen MR) is 76.4 cm³/mol. The van der Waals surface area contributed by atoms with Crippen LogP contribution in [0.15, 0.2) is 18.2 Å². The van der Waals surface area contributed by atoms with Gasteiger partial charge in [0.15, 0.2) is 0 Å². The number of ether oxygens (including phenoxy) is 1. The molecule has 1 aromatic carbocycles. The molecule has 0 spiro atoms. The van der Waals surface area contributed by atoms with E-state index in [0.717, 1.165) is 25.1 Å². The molecule has 4 heteroatoms. The van der Waals surface area contributed by atoms with Gasteiger partial charge in [0.05, 0.1) is 16.7 Å². The Hall–Kier alpha value is -0.280. The third-order valence-electron chi connectivity index (χ3n) is 3.28. The Balaban J connectivity index is 1.66. The SMILES string of the molecule is Clc1ccc(COCCC2CCCCN2)cc1Cl. The highest BCUT2D eigenvalue weighted by molar-refractivity contribution is 6.41. The topological polar surface area (TPSA) is 21.3 Å². The maximum atomic E-state index is 5.95. The minimum absolute atomic E-state index is 0.590. The van der Waals surface area contributed by atoms with Gasteiger partial charge in [-0.05, 0) is 43.5 Å². The van der Waals surface area contributed by atoms with Gasteiger partial charge >= 0.3 is 0 Å². The van der Waals surface area contributed by atoms with Crippen molar-refractivity contribution < 1.29 is 4.74 Å². The van der Waals surface area contributed by atoms with Crippen molar-refractivity contribution >= 4 is 23.2 Å². The van der Waals surface area contributed by atoms with E-state index in [-0.39, 0.29) is 0 Å². The van der Waals surface area contributed by atoms with E-state index in [2.05, 4.69) is 5.32 Å². The Morgan fingerprint density at radius 2 is 2.11 bits per heavy atom. The normalized spacial score (nSPS) is 20.0. The average Bonchev–Trinajstić information content (AvgIpc) is 2.40. The molecule has 0 amide bonds. The van der Waals surface area contributed by atoms with Crippen molar-refractivity contribution in [3.8, 4) is 0 Å². The summed E-state index contributed by atoms with van der Waals surface area (Å²) >= 11 is 11.8. The second-order valence-electron chi connectivity index (χ2n) is 4.74. The highest BCUT2D eigenvalue weighted by Gasteiger charge is 2.11. The summed E-state index contributed by atoms with van der Waals surface area (Å²) in [7, 11) is 0. The molecule has 1 saturated heterocycles. The zero-order valence-corrected chi connectivity index (χ0v) is 11.9. The first-order valence-electron chi connectivity index (χ1n) is 6.51. The van der Waals surface area contributed by atoms with E-state index in [9.17, 15) is 0 Å². The van der Waals surface area contributed by atoms with Crippen LogP contribution in [0.3, 0.4) is 0 Å². The lowest BCUT2D eigenvalue weighted by Gasteiger charge is -2.23. The summed E-state index contributed by atoms with van der Waals surface area (Å²) < 4.78 is 5.68. The van der Waals surface area contributed by atoms with Crippen LogP contribution in [0.25, 0.3) is 0 Å². The lowest BCUT2D eigenvalue weighted by molar-refractivity contribution is 0.108. The van der Waals surface area contributed by atoms with Crippen molar-refractivity contribution in [3.05, 3.63) is 33.8 Å². The molecular weight excluding hydrogens is 269 g/mol. The highest BCUT2D eigenvalue weighted by Crippen LogP contribution is 2.22. The molecule has 1 unspecified atom stereocenters. The number of halogens is 2. The van der Waals surface area contributed by atoms with E-state index in [1.54, 1.807) is 0 Å². The lowest BCUT2D eigenvalue weighted by Crippen LogP contribution is -2.34. The monoisotopic (exact) mass is 287 g/mol. The van der Waals surface area contributed by atoms with Crippen LogP contribution in [0.1, 0.15) is 31.2 Å². The second-order valence-corrected chi connectivity index (χ2v) is 5.55. The maximum Gasteiger partial charge on any atom is 0.0717 e. The number of hydrogen-bond acceptors (Lipinski definition) is 2. The van der Waals surface area contributed by atoms with Crippen molar-refractivity contribution in [2.75, 3.05) is 13.2 Å². The van der Waals surface area contributed by atoms with Crippen molar-refractivity contribution in [1.82, 2.24) is 5.32 Å². The molecule has 18 heavy (non-hydrogen) atoms. The molecule has 1 fully saturated rings. The molecule has 1 heterocycles. The van der Waals surface area contributed by atoms with E-state index < -0.39 is 0 Å². The number of benzene rings is 1. The zero-order valence-electron chi connectivity index (χ0n) is 10.4. The molecule has 1 aliphatic rings. The number of nitrogens with one attached hydrogen (secondary N) is 1. The number of hydrogen-bond donors (Lipinski definition) is 1. The van der Waals surface area contributed by atoms with Gasteiger partial charge in [-0.3, -0.25) is 0 Å². The van der Waals surface area contributed by atoms with Gasteiger partial charge < -0.3 is 10.1 Å². The lowest BCUT2D eigenvalue weighted by atomic mass is 10.0. The van der Waals surface area contributed by atoms with Gasteiger partial charge in [-0.15, -0.1) is 0 Å². The molecular formula is C14H19Cl2NO. The summed E-state index contributed by atoms with van der Waals surface area (Å²) in [5, 5.41) is 4.69. The first-order valence-corrected chi connectivity index (χ1v) is 7.26. The van der Waals surface area contributed by atoms with Crippen LogP contribution >= 0.6 is 23.2 Å². The molecule has 2 nitrogen and oxygen atoms in total. The van der Waals surface area contributed by atoms with Gasteiger partial charge in [0.25, 0.3) is 0 Å². The summed E-state index contributed by atoms with van der Waals surface area (Å²) in [4.78, 5) is 0. The van der Waals surface area contributed by atoms with Gasteiger partial charge in [-0.1, -0.05) is 35.7 Å². The van der Waals surface area contributed by atoms with Crippen molar-refractivity contribution in [1.29, 1.82) is 0 Å². The minimum Gasteiger partial charge on any atom is -0.377 e. The fraction of sp³-hybridized carbons (Fsp3) is 0.571. The summed E-state index contributed by atoms with van der Waals surface area (Å²) in [5.41, 5.74) is 1.07. The second kappa shape index (κ2) is 7.34. The summed E-state index contributed by atoms with van der Waals surface area (Å²) in [5.74, 6) is 0. The molecule has 1 N–H and O–H groups in total. The third-order valence-corrected chi connectivity index (χ3v) is 4.01. The Kier molecular flexibility index (Phi) is 5.77. The summed E-state index contributed by atoms with van der Waals surface area (Å²) in [6.45, 7) is 2.54. The van der Waals surface area contributed by atoms with Crippen molar-refractivity contribution in [2.24, 2.45) is 0 Å². The zero-order chi connectivity index (χ0) is 12.8. The molecule has 0 radical (unpaired) electrons. The Labute approximate surface area is 119 Å². The van der Waals surface area contributed by atoms with Gasteiger partial charge in [-0.2, -0.15) is 0 Å². The summed E-state index contributed by atoms with van der Waals surface area (Å²) in [6.07, 6.45) is 5.00. The smallest absolute Gasteiger partial charge is 0.0717 e. The Bertz CT molecular complexity index is 378. The predicted octanol–water partition coefficient (Wildman–Crippen LogP) is 4.04. The van der Waals surface area contributed by atoms with Crippen LogP contribution < -0.4 is 5.32 Å². The first kappa shape index (κ1) is 14.1. The fourth-order valence-corrected chi connectivity index (χ4v) is 2.54. The Morgan fingerprint density at radius 3 is 2.83 bits per heavy atom. The molecule has 1 atom stereocenters. The van der Waals surface area contributed by atoms with Gasteiger partial charge in [0, 0.05) is 12.6 Å². The minimum atomic E-state index is 0.590. The molecule has 1 aliphatic heterocycles. The average molecular weight is 288 g/mol. The molecule has 0 aliphatic carbocycles. The van der Waals surface area contributed by atoms with Gasteiger partial charge in [0.1, 0.15) is 0 Å². The number of rotatable bonds is 5. The van der Waals surface area contributed by atoms with Crippen LogP contribution in [0.5, 0.6) is 0 Å². The molecule has 1 aromatic rings. The standard InChI is InChI=1S/C14H19Cl2NO/c15-13-5-4-11(9-14(13)16)10-18-8-6-12-3-1-2-7-17-12/h4-5,9,12,17H,1-3,6-8,10H2. The quantitative estimate of drug-likeness (QED) is 0.826. The van der Waals surface area contributed by atoms with Crippen LogP contribution in [0.4, 0.5) is 0 Å². The maximum absolute atomic E-state index is 5.95. The molecule has 100 valence electrons. The summed E-state index contributed by atoms with van der Waals surface area (Å²) in [6, 6.07) is 6.26. The molecule has 2 rings (SSSR count). The fourth-order valence-electron chi connectivity index (χ4n) is 2.22. The third kappa shape index (κ3) is 4.43. The van der Waals surface area contributed by atoms with Crippen LogP contribution in [0, 0.1) is 0 Å². The Morgan fingerprint density at radius 1 is 1.22 bits per heavy atom. The largest absolute Gasteiger partial charge is 0.377 e. The molecule has 0 aromatic heterocycles. The van der Waals surface area contributed by atoms with Crippen molar-refractivity contribution in [3.63, 3.8) is 0 Å². The van der Waals surface area contributed by atoms with Crippen LogP contribution in [-0.2, 0) is 11.3 Å². The highest BCUT2D eigenvalue weighted by atomic mass is 35.5. The van der Waals surface area contributed by atoms with Crippen molar-refractivity contribution in [2.45, 2.75) is 38.3 Å². The van der Waals surface area contributed by atoms with E-state index in [1.807, 2.05) is 18.2 Å². The first-order chi connectivity index (χ1) is 8.75. The van der Waals surface area contributed by atoms with Gasteiger partial charge in [-0.25, -0.2) is 0 Å². The van der Waals surface area contributed by atoms with E-state index in [4.69, 9.17) is 27.9 Å². The van der Waals surface area contributed by atoms with Crippen LogP contribution in [-0.4, -0.2) is 19.2 Å². The molecule has 0 bridgehead atoms. The van der Waals surface area contributed by atoms with E-state index in [0.29, 0.717) is 22.7 Å².